The van der Waals surface area contributed by atoms with Crippen LogP contribution in [-0.2, 0) is 4.79 Å². The van der Waals surface area contributed by atoms with Crippen molar-refractivity contribution in [3.05, 3.63) is 23.8 Å². The van der Waals surface area contributed by atoms with Gasteiger partial charge in [0.15, 0.2) is 0 Å². The van der Waals surface area contributed by atoms with E-state index in [4.69, 9.17) is 5.73 Å². The molecule has 1 rings (SSSR count). The van der Waals surface area contributed by atoms with Crippen LogP contribution in [0.2, 0.25) is 0 Å². The van der Waals surface area contributed by atoms with E-state index >= 15 is 0 Å². The number of carbonyl (C=O) groups excluding carboxylic acids is 1. The van der Waals surface area contributed by atoms with Crippen LogP contribution < -0.4 is 11.1 Å². The van der Waals surface area contributed by atoms with Crippen LogP contribution in [0.5, 0.6) is 11.5 Å². The van der Waals surface area contributed by atoms with Gasteiger partial charge in [-0.25, -0.2) is 0 Å². The van der Waals surface area contributed by atoms with Gasteiger partial charge in [-0.15, -0.1) is 0 Å². The number of primary amides is 1. The Balaban J connectivity index is 2.78. The van der Waals surface area contributed by atoms with Crippen molar-refractivity contribution in [3.8, 4) is 11.5 Å². The van der Waals surface area contributed by atoms with Crippen LogP contribution in [0, 0.1) is 5.41 Å². The van der Waals surface area contributed by atoms with Crippen molar-refractivity contribution in [1.29, 1.82) is 0 Å². The number of nitrogens with one attached hydrogen (secondary N) is 1. The number of carbonyl (C=O) groups is 1. The molecule has 100 valence electrons. The zero-order chi connectivity index (χ0) is 13.9. The maximum atomic E-state index is 11.2. The smallest absolute Gasteiger partial charge is 0.224 e. The topological polar surface area (TPSA) is 95.6 Å². The van der Waals surface area contributed by atoms with Gasteiger partial charge in [-0.2, -0.15) is 0 Å². The summed E-state index contributed by atoms with van der Waals surface area (Å²) in [5.41, 5.74) is 5.01. The van der Waals surface area contributed by atoms with Gasteiger partial charge in [0.05, 0.1) is 11.0 Å². The van der Waals surface area contributed by atoms with Gasteiger partial charge in [0.25, 0.3) is 0 Å². The van der Waals surface area contributed by atoms with Gasteiger partial charge in [-0.3, -0.25) is 4.79 Å². The zero-order valence-corrected chi connectivity index (χ0v) is 10.9. The largest absolute Gasteiger partial charge is 0.507 e. The Labute approximate surface area is 107 Å². The Morgan fingerprint density at radius 2 is 1.89 bits per heavy atom. The Bertz CT molecular complexity index is 424. The molecule has 0 aliphatic carbocycles. The first-order valence-electron chi connectivity index (χ1n) is 5.80. The van der Waals surface area contributed by atoms with Crippen LogP contribution in [0.3, 0.4) is 0 Å². The van der Waals surface area contributed by atoms with Gasteiger partial charge in [0, 0.05) is 12.6 Å². The van der Waals surface area contributed by atoms with Crippen molar-refractivity contribution < 1.29 is 15.0 Å². The Kier molecular flexibility index (Phi) is 4.19. The number of aromatic hydroxyl groups is 2. The van der Waals surface area contributed by atoms with Gasteiger partial charge >= 0.3 is 0 Å². The summed E-state index contributed by atoms with van der Waals surface area (Å²) in [6, 6.07) is 4.29. The van der Waals surface area contributed by atoms with E-state index in [0.29, 0.717) is 12.1 Å². The molecule has 0 spiro atoms. The molecule has 0 radical (unpaired) electrons. The van der Waals surface area contributed by atoms with Crippen LogP contribution in [-0.4, -0.2) is 22.7 Å². The predicted molar refractivity (Wildman–Crippen MR) is 69.2 cm³/mol. The molecule has 0 fully saturated rings. The van der Waals surface area contributed by atoms with Crippen LogP contribution in [0.1, 0.15) is 32.4 Å². The molecule has 0 saturated heterocycles. The fourth-order valence-corrected chi connectivity index (χ4v) is 1.58. The maximum Gasteiger partial charge on any atom is 0.224 e. The van der Waals surface area contributed by atoms with Gasteiger partial charge in [0.1, 0.15) is 11.5 Å². The van der Waals surface area contributed by atoms with E-state index in [1.165, 1.54) is 12.1 Å². The number of phenols is 2. The van der Waals surface area contributed by atoms with Gasteiger partial charge in [-0.05, 0) is 32.9 Å². The summed E-state index contributed by atoms with van der Waals surface area (Å²) < 4.78 is 0. The lowest BCUT2D eigenvalue weighted by molar-refractivity contribution is -0.125. The highest BCUT2D eigenvalue weighted by Crippen LogP contribution is 2.32. The number of hydrogen-bond donors (Lipinski definition) is 4. The molecule has 1 aromatic carbocycles. The monoisotopic (exact) mass is 252 g/mol. The lowest BCUT2D eigenvalue weighted by atomic mass is 9.92. The molecule has 1 aromatic rings. The zero-order valence-electron chi connectivity index (χ0n) is 10.9. The second-order valence-electron chi connectivity index (χ2n) is 5.06. The molecule has 0 aliphatic rings. The number of amides is 1. The van der Waals surface area contributed by atoms with Crippen molar-refractivity contribution in [2.24, 2.45) is 11.1 Å². The molecule has 1 atom stereocenters. The van der Waals surface area contributed by atoms with Crippen molar-refractivity contribution in [3.63, 3.8) is 0 Å². The lowest BCUT2D eigenvalue weighted by Crippen LogP contribution is -2.41. The summed E-state index contributed by atoms with van der Waals surface area (Å²) in [7, 11) is 0. The summed E-state index contributed by atoms with van der Waals surface area (Å²) in [5, 5.41) is 22.5. The van der Waals surface area contributed by atoms with Crippen LogP contribution in [0.25, 0.3) is 0 Å². The molecule has 18 heavy (non-hydrogen) atoms. The van der Waals surface area contributed by atoms with E-state index in [-0.39, 0.29) is 17.5 Å². The summed E-state index contributed by atoms with van der Waals surface area (Å²) >= 11 is 0. The standard InChI is InChI=1S/C13H20N2O3/c1-8(15-7-13(2,3)12(14)18)11-9(16)5-4-6-10(11)17/h4-6,8,15-17H,7H2,1-3H3,(H2,14,18). The van der Waals surface area contributed by atoms with Gasteiger partial charge < -0.3 is 21.3 Å². The minimum Gasteiger partial charge on any atom is -0.507 e. The lowest BCUT2D eigenvalue weighted by Gasteiger charge is -2.24. The van der Waals surface area contributed by atoms with E-state index in [1.54, 1.807) is 26.8 Å². The quantitative estimate of drug-likeness (QED) is 0.634. The summed E-state index contributed by atoms with van der Waals surface area (Å²) in [5.74, 6) is -0.359. The minimum atomic E-state index is -0.686. The van der Waals surface area contributed by atoms with E-state index in [1.807, 2.05) is 0 Å². The molecule has 5 N–H and O–H groups in total. The summed E-state index contributed by atoms with van der Waals surface area (Å²) in [4.78, 5) is 11.2. The van der Waals surface area contributed by atoms with Crippen molar-refractivity contribution in [2.75, 3.05) is 6.54 Å². The summed E-state index contributed by atoms with van der Waals surface area (Å²) in [6.45, 7) is 5.63. The molecular formula is C13H20N2O3. The fourth-order valence-electron chi connectivity index (χ4n) is 1.58. The molecule has 1 unspecified atom stereocenters. The third-order valence-corrected chi connectivity index (χ3v) is 3.01. The van der Waals surface area contributed by atoms with Gasteiger partial charge in [-0.1, -0.05) is 6.07 Å². The Hall–Kier alpha value is -1.75. The fraction of sp³-hybridized carbons (Fsp3) is 0.462. The average Bonchev–Trinajstić information content (AvgIpc) is 2.26. The summed E-state index contributed by atoms with van der Waals surface area (Å²) in [6.07, 6.45) is 0. The molecule has 0 aliphatic heterocycles. The molecule has 0 aromatic heterocycles. The molecule has 5 nitrogen and oxygen atoms in total. The molecule has 1 amide bonds. The maximum absolute atomic E-state index is 11.2. The highest BCUT2D eigenvalue weighted by molar-refractivity contribution is 5.80. The number of benzene rings is 1. The third-order valence-electron chi connectivity index (χ3n) is 3.01. The molecule has 0 heterocycles. The average molecular weight is 252 g/mol. The predicted octanol–water partition coefficient (Wildman–Crippen LogP) is 1.26. The van der Waals surface area contributed by atoms with Gasteiger partial charge in [0.2, 0.25) is 5.91 Å². The second-order valence-corrected chi connectivity index (χ2v) is 5.06. The first kappa shape index (κ1) is 14.3. The number of nitrogens with two attached hydrogens (primary N) is 1. The second kappa shape index (κ2) is 5.27. The Morgan fingerprint density at radius 3 is 2.33 bits per heavy atom. The number of hydrogen-bond acceptors (Lipinski definition) is 4. The molecule has 0 saturated carbocycles. The Morgan fingerprint density at radius 1 is 1.39 bits per heavy atom. The van der Waals surface area contributed by atoms with E-state index in [2.05, 4.69) is 5.32 Å². The third kappa shape index (κ3) is 3.13. The van der Waals surface area contributed by atoms with Crippen molar-refractivity contribution in [1.82, 2.24) is 5.32 Å². The first-order valence-corrected chi connectivity index (χ1v) is 5.80. The minimum absolute atomic E-state index is 0.0203. The molecule has 5 heteroatoms. The number of phenolic OH excluding ortho intramolecular Hbond substituents is 2. The van der Waals surface area contributed by atoms with Crippen molar-refractivity contribution >= 4 is 5.91 Å². The number of rotatable bonds is 5. The first-order chi connectivity index (χ1) is 8.25. The SMILES string of the molecule is CC(NCC(C)(C)C(N)=O)c1c(O)cccc1O. The van der Waals surface area contributed by atoms with Crippen molar-refractivity contribution in [2.45, 2.75) is 26.8 Å². The highest BCUT2D eigenvalue weighted by Gasteiger charge is 2.26. The van der Waals surface area contributed by atoms with Crippen LogP contribution >= 0.6 is 0 Å². The van der Waals surface area contributed by atoms with Crippen LogP contribution in [0.4, 0.5) is 0 Å². The van der Waals surface area contributed by atoms with E-state index in [0.717, 1.165) is 0 Å². The van der Waals surface area contributed by atoms with E-state index < -0.39 is 11.3 Å². The molecular weight excluding hydrogens is 232 g/mol. The highest BCUT2D eigenvalue weighted by atomic mass is 16.3. The van der Waals surface area contributed by atoms with Crippen LogP contribution in [0.15, 0.2) is 18.2 Å². The normalized spacial score (nSPS) is 13.3. The van der Waals surface area contributed by atoms with E-state index in [9.17, 15) is 15.0 Å². The molecule has 0 bridgehead atoms.